The highest BCUT2D eigenvalue weighted by molar-refractivity contribution is 5.99. The van der Waals surface area contributed by atoms with Crippen LogP contribution in [0.2, 0.25) is 0 Å². The third kappa shape index (κ3) is 3.62. The first-order chi connectivity index (χ1) is 14.7. The maximum atomic E-state index is 13.7. The van der Waals surface area contributed by atoms with Crippen molar-refractivity contribution in [3.63, 3.8) is 0 Å². The first-order valence-corrected chi connectivity index (χ1v) is 10.7. The second-order valence-corrected chi connectivity index (χ2v) is 8.21. The summed E-state index contributed by atoms with van der Waals surface area (Å²) in [6, 6.07) is 3.68. The van der Waals surface area contributed by atoms with Crippen LogP contribution in [0.5, 0.6) is 0 Å². The van der Waals surface area contributed by atoms with Gasteiger partial charge in [-0.2, -0.15) is 5.10 Å². The van der Waals surface area contributed by atoms with Crippen LogP contribution in [0.25, 0.3) is 5.65 Å². The molecule has 8 heteroatoms. The molecule has 1 N–H and O–H groups in total. The van der Waals surface area contributed by atoms with Crippen LogP contribution < -0.4 is 10.2 Å². The van der Waals surface area contributed by atoms with E-state index in [2.05, 4.69) is 20.3 Å². The summed E-state index contributed by atoms with van der Waals surface area (Å²) in [6.07, 6.45) is 13.9. The molecule has 4 heterocycles. The number of halogens is 1. The van der Waals surface area contributed by atoms with Crippen LogP contribution in [0.4, 0.5) is 10.2 Å². The van der Waals surface area contributed by atoms with Crippen LogP contribution in [0.15, 0.2) is 36.9 Å². The van der Waals surface area contributed by atoms with Gasteiger partial charge in [-0.3, -0.25) is 9.78 Å². The Kier molecular flexibility index (Phi) is 5.06. The molecule has 3 aromatic heterocycles. The minimum atomic E-state index is -0.333. The molecular weight excluding hydrogens is 383 g/mol. The van der Waals surface area contributed by atoms with Crippen molar-refractivity contribution in [1.29, 1.82) is 0 Å². The molecule has 0 unspecified atom stereocenters. The number of nitrogens with one attached hydrogen (secondary N) is 1. The molecule has 0 bridgehead atoms. The van der Waals surface area contributed by atoms with Gasteiger partial charge >= 0.3 is 0 Å². The number of anilines is 1. The molecule has 1 aliphatic carbocycles. The van der Waals surface area contributed by atoms with Crippen molar-refractivity contribution < 1.29 is 9.18 Å². The maximum absolute atomic E-state index is 13.7. The number of amides is 1. The Morgan fingerprint density at radius 3 is 2.80 bits per heavy atom. The number of aromatic nitrogens is 4. The van der Waals surface area contributed by atoms with E-state index in [0.29, 0.717) is 11.2 Å². The van der Waals surface area contributed by atoms with E-state index >= 15 is 0 Å². The number of hydrogen-bond acceptors (Lipinski definition) is 5. The average Bonchev–Trinajstić information content (AvgIpc) is 3.41. The van der Waals surface area contributed by atoms with Crippen LogP contribution in [-0.4, -0.2) is 38.1 Å². The van der Waals surface area contributed by atoms with Crippen LogP contribution in [0.3, 0.4) is 0 Å². The predicted molar refractivity (Wildman–Crippen MR) is 111 cm³/mol. The zero-order valence-corrected chi connectivity index (χ0v) is 16.8. The molecule has 0 aromatic carbocycles. The van der Waals surface area contributed by atoms with E-state index in [4.69, 9.17) is 4.98 Å². The van der Waals surface area contributed by atoms with Gasteiger partial charge in [0.2, 0.25) is 0 Å². The number of nitrogens with zero attached hydrogens (tertiary/aromatic N) is 5. The summed E-state index contributed by atoms with van der Waals surface area (Å²) in [5, 5.41) is 7.45. The first-order valence-electron chi connectivity index (χ1n) is 10.7. The highest BCUT2D eigenvalue weighted by atomic mass is 19.1. The normalized spacial score (nSPS) is 20.0. The summed E-state index contributed by atoms with van der Waals surface area (Å²) < 4.78 is 15.3. The molecular formula is C22H25FN6O. The molecule has 1 saturated carbocycles. The highest BCUT2D eigenvalue weighted by Gasteiger charge is 2.28. The Morgan fingerprint density at radius 2 is 1.97 bits per heavy atom. The fourth-order valence-electron chi connectivity index (χ4n) is 4.69. The SMILES string of the molecule is O=C(NC1CCCCC1)c1cnn2ccc(N3CCC[C@@H]3c3cncc(F)c3)nc12. The van der Waals surface area contributed by atoms with Gasteiger partial charge in [0.1, 0.15) is 17.2 Å². The monoisotopic (exact) mass is 408 g/mol. The number of pyridine rings is 1. The van der Waals surface area contributed by atoms with Gasteiger partial charge in [0.25, 0.3) is 5.91 Å². The summed E-state index contributed by atoms with van der Waals surface area (Å²) in [5.74, 6) is 0.315. The Labute approximate surface area is 174 Å². The minimum Gasteiger partial charge on any atom is -0.349 e. The van der Waals surface area contributed by atoms with Gasteiger partial charge in [-0.05, 0) is 43.4 Å². The van der Waals surface area contributed by atoms with Gasteiger partial charge in [-0.1, -0.05) is 19.3 Å². The van der Waals surface area contributed by atoms with Gasteiger partial charge in [0.05, 0.1) is 18.4 Å². The molecule has 1 aliphatic heterocycles. The Morgan fingerprint density at radius 1 is 1.10 bits per heavy atom. The van der Waals surface area contributed by atoms with E-state index in [1.54, 1.807) is 16.9 Å². The zero-order chi connectivity index (χ0) is 20.5. The quantitative estimate of drug-likeness (QED) is 0.713. The van der Waals surface area contributed by atoms with Crippen molar-refractivity contribution in [1.82, 2.24) is 24.9 Å². The Balaban J connectivity index is 1.43. The molecule has 2 fully saturated rings. The summed E-state index contributed by atoms with van der Waals surface area (Å²) in [4.78, 5) is 23.8. The van der Waals surface area contributed by atoms with Crippen molar-refractivity contribution in [2.24, 2.45) is 0 Å². The van der Waals surface area contributed by atoms with E-state index in [0.717, 1.165) is 56.5 Å². The van der Waals surface area contributed by atoms with Crippen LogP contribution in [-0.2, 0) is 0 Å². The van der Waals surface area contributed by atoms with Crippen LogP contribution >= 0.6 is 0 Å². The van der Waals surface area contributed by atoms with Gasteiger partial charge in [0.15, 0.2) is 5.65 Å². The van der Waals surface area contributed by atoms with Crippen LogP contribution in [0, 0.1) is 5.82 Å². The van der Waals surface area contributed by atoms with E-state index in [1.165, 1.54) is 18.7 Å². The fraction of sp³-hybridized carbons (Fsp3) is 0.455. The highest BCUT2D eigenvalue weighted by Crippen LogP contribution is 2.35. The molecule has 2 aliphatic rings. The van der Waals surface area contributed by atoms with Gasteiger partial charge in [-0.15, -0.1) is 0 Å². The van der Waals surface area contributed by atoms with Gasteiger partial charge < -0.3 is 10.2 Å². The van der Waals surface area contributed by atoms with E-state index in [9.17, 15) is 9.18 Å². The summed E-state index contributed by atoms with van der Waals surface area (Å²) >= 11 is 0. The van der Waals surface area contributed by atoms with Gasteiger partial charge in [0, 0.05) is 25.0 Å². The van der Waals surface area contributed by atoms with Crippen molar-refractivity contribution in [3.8, 4) is 0 Å². The van der Waals surface area contributed by atoms with Crippen molar-refractivity contribution in [2.75, 3.05) is 11.4 Å². The summed E-state index contributed by atoms with van der Waals surface area (Å²) in [7, 11) is 0. The Bertz CT molecular complexity index is 1060. The van der Waals surface area contributed by atoms with E-state index in [1.807, 2.05) is 12.3 Å². The lowest BCUT2D eigenvalue weighted by Gasteiger charge is -2.26. The van der Waals surface area contributed by atoms with E-state index < -0.39 is 0 Å². The molecule has 1 saturated heterocycles. The molecule has 1 atom stereocenters. The zero-order valence-electron chi connectivity index (χ0n) is 16.8. The molecule has 0 radical (unpaired) electrons. The molecule has 0 spiro atoms. The molecule has 5 rings (SSSR count). The van der Waals surface area contributed by atoms with Crippen molar-refractivity contribution in [3.05, 3.63) is 53.9 Å². The second-order valence-electron chi connectivity index (χ2n) is 8.21. The molecule has 3 aromatic rings. The minimum absolute atomic E-state index is 0.0191. The van der Waals surface area contributed by atoms with Gasteiger partial charge in [-0.25, -0.2) is 13.9 Å². The lowest BCUT2D eigenvalue weighted by molar-refractivity contribution is 0.0929. The predicted octanol–water partition coefficient (Wildman–Crippen LogP) is 3.67. The molecule has 1 amide bonds. The molecule has 7 nitrogen and oxygen atoms in total. The number of carbonyl (C=O) groups is 1. The topological polar surface area (TPSA) is 75.4 Å². The second kappa shape index (κ2) is 8.01. The van der Waals surface area contributed by atoms with Crippen molar-refractivity contribution >= 4 is 17.4 Å². The van der Waals surface area contributed by atoms with Crippen molar-refractivity contribution in [2.45, 2.75) is 57.0 Å². The number of carbonyl (C=O) groups excluding carboxylic acids is 1. The average molecular weight is 408 g/mol. The summed E-state index contributed by atoms with van der Waals surface area (Å²) in [6.45, 7) is 0.822. The lowest BCUT2D eigenvalue weighted by Crippen LogP contribution is -2.36. The molecule has 30 heavy (non-hydrogen) atoms. The van der Waals surface area contributed by atoms with Crippen LogP contribution in [0.1, 0.15) is 66.9 Å². The number of rotatable bonds is 4. The lowest BCUT2D eigenvalue weighted by atomic mass is 9.95. The number of fused-ring (bicyclic) bond motifs is 1. The largest absolute Gasteiger partial charge is 0.349 e. The molecule has 156 valence electrons. The Hall–Kier alpha value is -3.03. The number of hydrogen-bond donors (Lipinski definition) is 1. The summed E-state index contributed by atoms with van der Waals surface area (Å²) in [5.41, 5.74) is 1.88. The van der Waals surface area contributed by atoms with E-state index in [-0.39, 0.29) is 23.8 Å². The maximum Gasteiger partial charge on any atom is 0.256 e. The first kappa shape index (κ1) is 19.0. The third-order valence-corrected chi connectivity index (χ3v) is 6.20. The fourth-order valence-corrected chi connectivity index (χ4v) is 4.69. The smallest absolute Gasteiger partial charge is 0.256 e. The third-order valence-electron chi connectivity index (χ3n) is 6.20. The standard InChI is InChI=1S/C22H25FN6O/c23-16-11-15(12-24-13-16)19-7-4-9-28(19)20-8-10-29-21(27-20)18(14-25-29)22(30)26-17-5-2-1-3-6-17/h8,10-14,17,19H,1-7,9H2,(H,26,30)/t19-/m1/s1.